The Morgan fingerprint density at radius 1 is 1.15 bits per heavy atom. The maximum Gasteiger partial charge on any atom is 0.165 e. The van der Waals surface area contributed by atoms with E-state index in [9.17, 15) is 0 Å². The van der Waals surface area contributed by atoms with E-state index in [2.05, 4.69) is 18.3 Å². The van der Waals surface area contributed by atoms with E-state index in [0.717, 1.165) is 28.6 Å². The van der Waals surface area contributed by atoms with Gasteiger partial charge in [0, 0.05) is 12.1 Å². The Labute approximate surface area is 118 Å². The lowest BCUT2D eigenvalue weighted by atomic mass is 10.1. The number of hydrogen-bond donors (Lipinski definition) is 1. The molecule has 0 fully saturated rings. The molecule has 4 heteroatoms. The zero-order chi connectivity index (χ0) is 13.9. The van der Waals surface area contributed by atoms with Gasteiger partial charge in [-0.2, -0.15) is 0 Å². The van der Waals surface area contributed by atoms with Gasteiger partial charge in [-0.3, -0.25) is 0 Å². The molecule has 1 aliphatic rings. The van der Waals surface area contributed by atoms with Crippen LogP contribution >= 0.6 is 0 Å². The predicted molar refractivity (Wildman–Crippen MR) is 76.1 cm³/mol. The van der Waals surface area contributed by atoms with Crippen LogP contribution in [0.2, 0.25) is 0 Å². The zero-order valence-electron chi connectivity index (χ0n) is 11.8. The lowest BCUT2D eigenvalue weighted by Gasteiger charge is -2.21. The van der Waals surface area contributed by atoms with Crippen molar-refractivity contribution in [1.82, 2.24) is 5.32 Å². The highest BCUT2D eigenvalue weighted by Gasteiger charge is 2.16. The average molecular weight is 273 g/mol. The summed E-state index contributed by atoms with van der Waals surface area (Å²) < 4.78 is 16.9. The van der Waals surface area contributed by atoms with E-state index >= 15 is 0 Å². The number of fused-ring (bicyclic) bond motifs is 1. The Morgan fingerprint density at radius 3 is 2.80 bits per heavy atom. The van der Waals surface area contributed by atoms with Crippen LogP contribution in [0, 0.1) is 6.92 Å². The Balaban J connectivity index is 1.69. The summed E-state index contributed by atoms with van der Waals surface area (Å²) in [6.45, 7) is 5.98. The van der Waals surface area contributed by atoms with E-state index in [1.165, 1.54) is 0 Å². The van der Waals surface area contributed by atoms with Gasteiger partial charge in [-0.05, 0) is 32.0 Å². The third-order valence-electron chi connectivity index (χ3n) is 3.43. The monoisotopic (exact) mass is 273 g/mol. The van der Waals surface area contributed by atoms with Gasteiger partial charge in [0.2, 0.25) is 0 Å². The summed E-state index contributed by atoms with van der Waals surface area (Å²) in [7, 11) is 0. The molecule has 0 radical (unpaired) electrons. The number of ether oxygens (including phenoxy) is 2. The van der Waals surface area contributed by atoms with Crippen LogP contribution in [0.3, 0.4) is 0 Å². The Bertz CT molecular complexity index is 591. The maximum atomic E-state index is 5.71. The minimum Gasteiger partial charge on any atom is -0.486 e. The number of nitrogens with one attached hydrogen (secondary N) is 1. The highest BCUT2D eigenvalue weighted by Crippen LogP contribution is 2.33. The fourth-order valence-corrected chi connectivity index (χ4v) is 2.32. The molecule has 20 heavy (non-hydrogen) atoms. The normalized spacial score (nSPS) is 15.1. The van der Waals surface area contributed by atoms with E-state index in [-0.39, 0.29) is 6.04 Å². The van der Waals surface area contributed by atoms with Crippen molar-refractivity contribution in [3.63, 3.8) is 0 Å². The zero-order valence-corrected chi connectivity index (χ0v) is 11.8. The SMILES string of the molecule is Cc1ccc(C(C)NCc2cccc3c2OCCO3)o1. The molecule has 1 N–H and O–H groups in total. The first-order chi connectivity index (χ1) is 9.74. The lowest BCUT2D eigenvalue weighted by Crippen LogP contribution is -2.21. The molecule has 2 aromatic rings. The number of furan rings is 1. The number of para-hydroxylation sites is 1. The van der Waals surface area contributed by atoms with Crippen molar-refractivity contribution in [2.45, 2.75) is 26.4 Å². The second-order valence-electron chi connectivity index (χ2n) is 4.99. The molecule has 1 aliphatic heterocycles. The second kappa shape index (κ2) is 5.59. The van der Waals surface area contributed by atoms with E-state index in [4.69, 9.17) is 13.9 Å². The first-order valence-corrected chi connectivity index (χ1v) is 6.91. The van der Waals surface area contributed by atoms with Crippen molar-refractivity contribution in [3.8, 4) is 11.5 Å². The van der Waals surface area contributed by atoms with Crippen LogP contribution in [0.25, 0.3) is 0 Å². The standard InChI is InChI=1S/C16H19NO3/c1-11-6-7-14(20-11)12(2)17-10-13-4-3-5-15-16(13)19-9-8-18-15/h3-7,12,17H,8-10H2,1-2H3. The Kier molecular flexibility index (Phi) is 3.65. The molecular weight excluding hydrogens is 254 g/mol. The highest BCUT2D eigenvalue weighted by atomic mass is 16.6. The van der Waals surface area contributed by atoms with Crippen LogP contribution in [0.1, 0.15) is 30.0 Å². The van der Waals surface area contributed by atoms with E-state index in [0.29, 0.717) is 19.8 Å². The summed E-state index contributed by atoms with van der Waals surface area (Å²) in [5, 5.41) is 3.45. The van der Waals surface area contributed by atoms with E-state index < -0.39 is 0 Å². The molecule has 0 amide bonds. The molecule has 1 aromatic carbocycles. The molecule has 0 saturated carbocycles. The van der Waals surface area contributed by atoms with Crippen LogP contribution in [-0.2, 0) is 6.54 Å². The summed E-state index contributed by atoms with van der Waals surface area (Å²) in [6, 6.07) is 10.1. The molecule has 1 aromatic heterocycles. The summed E-state index contributed by atoms with van der Waals surface area (Å²) >= 11 is 0. The molecular formula is C16H19NO3. The van der Waals surface area contributed by atoms with Crippen molar-refractivity contribution < 1.29 is 13.9 Å². The fraction of sp³-hybridized carbons (Fsp3) is 0.375. The quantitative estimate of drug-likeness (QED) is 0.929. The average Bonchev–Trinajstić information content (AvgIpc) is 2.91. The molecule has 0 bridgehead atoms. The van der Waals surface area contributed by atoms with Gasteiger partial charge in [0.15, 0.2) is 11.5 Å². The third-order valence-corrected chi connectivity index (χ3v) is 3.43. The molecule has 2 heterocycles. The molecule has 1 unspecified atom stereocenters. The van der Waals surface area contributed by atoms with Crippen molar-refractivity contribution >= 4 is 0 Å². The van der Waals surface area contributed by atoms with E-state index in [1.54, 1.807) is 0 Å². The summed E-state index contributed by atoms with van der Waals surface area (Å²) in [5.41, 5.74) is 1.11. The molecule has 0 spiro atoms. The summed E-state index contributed by atoms with van der Waals surface area (Å²) in [6.07, 6.45) is 0. The minimum absolute atomic E-state index is 0.157. The van der Waals surface area contributed by atoms with Crippen LogP contribution in [0.5, 0.6) is 11.5 Å². The number of hydrogen-bond acceptors (Lipinski definition) is 4. The van der Waals surface area contributed by atoms with Crippen LogP contribution in [0.4, 0.5) is 0 Å². The van der Waals surface area contributed by atoms with Gasteiger partial charge in [-0.1, -0.05) is 12.1 Å². The molecule has 0 aliphatic carbocycles. The number of aryl methyl sites for hydroxylation is 1. The highest BCUT2D eigenvalue weighted by molar-refractivity contribution is 5.47. The number of benzene rings is 1. The van der Waals surface area contributed by atoms with Gasteiger partial charge in [0.25, 0.3) is 0 Å². The largest absolute Gasteiger partial charge is 0.486 e. The smallest absolute Gasteiger partial charge is 0.165 e. The van der Waals surface area contributed by atoms with Crippen LogP contribution in [0.15, 0.2) is 34.7 Å². The molecule has 4 nitrogen and oxygen atoms in total. The molecule has 1 atom stereocenters. The van der Waals surface area contributed by atoms with Crippen molar-refractivity contribution in [2.75, 3.05) is 13.2 Å². The molecule has 106 valence electrons. The van der Waals surface area contributed by atoms with Crippen molar-refractivity contribution in [1.29, 1.82) is 0 Å². The van der Waals surface area contributed by atoms with Gasteiger partial charge in [-0.15, -0.1) is 0 Å². The lowest BCUT2D eigenvalue weighted by molar-refractivity contribution is 0.169. The van der Waals surface area contributed by atoms with Crippen LogP contribution < -0.4 is 14.8 Å². The molecule has 3 rings (SSSR count). The summed E-state index contributed by atoms with van der Waals surface area (Å²) in [4.78, 5) is 0. The Hall–Kier alpha value is -1.94. The van der Waals surface area contributed by atoms with Gasteiger partial charge in [0.05, 0.1) is 6.04 Å². The van der Waals surface area contributed by atoms with Crippen LogP contribution in [-0.4, -0.2) is 13.2 Å². The maximum absolute atomic E-state index is 5.71. The predicted octanol–water partition coefficient (Wildman–Crippen LogP) is 3.21. The van der Waals surface area contributed by atoms with Gasteiger partial charge in [-0.25, -0.2) is 0 Å². The molecule has 0 saturated heterocycles. The van der Waals surface area contributed by atoms with Crippen molar-refractivity contribution in [3.05, 3.63) is 47.4 Å². The topological polar surface area (TPSA) is 43.6 Å². The van der Waals surface area contributed by atoms with Gasteiger partial charge < -0.3 is 19.2 Å². The van der Waals surface area contributed by atoms with Gasteiger partial charge in [0.1, 0.15) is 24.7 Å². The van der Waals surface area contributed by atoms with Crippen molar-refractivity contribution in [2.24, 2.45) is 0 Å². The first kappa shape index (κ1) is 13.1. The third kappa shape index (κ3) is 2.65. The van der Waals surface area contributed by atoms with E-state index in [1.807, 2.05) is 31.2 Å². The minimum atomic E-state index is 0.157. The first-order valence-electron chi connectivity index (χ1n) is 6.91. The fourth-order valence-electron chi connectivity index (χ4n) is 2.32. The number of rotatable bonds is 4. The van der Waals surface area contributed by atoms with Gasteiger partial charge >= 0.3 is 0 Å². The second-order valence-corrected chi connectivity index (χ2v) is 4.99. The summed E-state index contributed by atoms with van der Waals surface area (Å²) in [5.74, 6) is 3.57. The Morgan fingerprint density at radius 2 is 2.00 bits per heavy atom.